The number of esters is 1. The zero-order chi connectivity index (χ0) is 11.9. The first-order valence-corrected chi connectivity index (χ1v) is 5.44. The van der Waals surface area contributed by atoms with Crippen LogP contribution in [0.3, 0.4) is 0 Å². The molecule has 4 nitrogen and oxygen atoms in total. The van der Waals surface area contributed by atoms with E-state index in [-0.39, 0.29) is 23.8 Å². The Labute approximate surface area is 91.4 Å². The second kappa shape index (κ2) is 6.43. The average molecular weight is 215 g/mol. The zero-order valence-corrected chi connectivity index (χ0v) is 10.1. The molecule has 0 fully saturated rings. The lowest BCUT2D eigenvalue weighted by atomic mass is 9.84. The first kappa shape index (κ1) is 13.9. The van der Waals surface area contributed by atoms with Gasteiger partial charge in [-0.2, -0.15) is 0 Å². The van der Waals surface area contributed by atoms with Crippen molar-refractivity contribution < 1.29 is 14.3 Å². The Hall–Kier alpha value is -1.06. The Balaban J connectivity index is 4.08. The first-order chi connectivity index (χ1) is 7.00. The molecule has 0 spiro atoms. The first-order valence-electron chi connectivity index (χ1n) is 5.44. The SMILES string of the molecule is CCOC(=O)CNC(=O)C(C)(CC)CC. The highest BCUT2D eigenvalue weighted by Crippen LogP contribution is 2.24. The summed E-state index contributed by atoms with van der Waals surface area (Å²) in [6, 6.07) is 0. The second-order valence-electron chi connectivity index (χ2n) is 3.76. The standard InChI is InChI=1S/C11H21NO3/c1-5-11(4,6-2)10(14)12-8-9(13)15-7-3/h5-8H2,1-4H3,(H,12,14). The third-order valence-corrected chi connectivity index (χ3v) is 2.81. The van der Waals surface area contributed by atoms with Crippen LogP contribution in [-0.2, 0) is 14.3 Å². The molecule has 0 aromatic rings. The topological polar surface area (TPSA) is 55.4 Å². The maximum Gasteiger partial charge on any atom is 0.325 e. The molecule has 1 N–H and O–H groups in total. The van der Waals surface area contributed by atoms with E-state index in [1.54, 1.807) is 6.92 Å². The quantitative estimate of drug-likeness (QED) is 0.683. The molecular formula is C11H21NO3. The van der Waals surface area contributed by atoms with Crippen LogP contribution in [0.1, 0.15) is 40.5 Å². The van der Waals surface area contributed by atoms with E-state index in [1.165, 1.54) is 0 Å². The van der Waals surface area contributed by atoms with Gasteiger partial charge in [0.05, 0.1) is 6.61 Å². The van der Waals surface area contributed by atoms with Crippen LogP contribution in [0.2, 0.25) is 0 Å². The van der Waals surface area contributed by atoms with Crippen LogP contribution in [0, 0.1) is 5.41 Å². The highest BCUT2D eigenvalue weighted by Gasteiger charge is 2.29. The lowest BCUT2D eigenvalue weighted by molar-refractivity contribution is -0.144. The summed E-state index contributed by atoms with van der Waals surface area (Å²) in [5.41, 5.74) is -0.382. The number of nitrogens with one attached hydrogen (secondary N) is 1. The molecule has 88 valence electrons. The highest BCUT2D eigenvalue weighted by molar-refractivity contribution is 5.85. The molecule has 0 heterocycles. The van der Waals surface area contributed by atoms with Crippen molar-refractivity contribution in [2.45, 2.75) is 40.5 Å². The molecule has 0 unspecified atom stereocenters. The van der Waals surface area contributed by atoms with Crippen LogP contribution in [-0.4, -0.2) is 25.0 Å². The largest absolute Gasteiger partial charge is 0.465 e. The van der Waals surface area contributed by atoms with E-state index in [0.29, 0.717) is 6.61 Å². The van der Waals surface area contributed by atoms with Gasteiger partial charge in [-0.25, -0.2) is 0 Å². The van der Waals surface area contributed by atoms with Gasteiger partial charge in [0.2, 0.25) is 5.91 Å². The molecule has 0 saturated carbocycles. The summed E-state index contributed by atoms with van der Waals surface area (Å²) in [5, 5.41) is 2.60. The van der Waals surface area contributed by atoms with Crippen molar-refractivity contribution in [2.75, 3.05) is 13.2 Å². The Morgan fingerprint density at radius 1 is 1.20 bits per heavy atom. The number of ether oxygens (including phenoxy) is 1. The third-order valence-electron chi connectivity index (χ3n) is 2.81. The molecule has 0 aromatic carbocycles. The van der Waals surface area contributed by atoms with Crippen LogP contribution in [0.5, 0.6) is 0 Å². The molecule has 0 saturated heterocycles. The van der Waals surface area contributed by atoms with Crippen molar-refractivity contribution >= 4 is 11.9 Å². The molecule has 15 heavy (non-hydrogen) atoms. The number of rotatable bonds is 6. The Morgan fingerprint density at radius 2 is 1.73 bits per heavy atom. The molecule has 0 atom stereocenters. The maximum atomic E-state index is 11.7. The molecule has 0 aromatic heterocycles. The van der Waals surface area contributed by atoms with Crippen molar-refractivity contribution in [2.24, 2.45) is 5.41 Å². The summed E-state index contributed by atoms with van der Waals surface area (Å²) in [5.74, 6) is -0.471. The van der Waals surface area contributed by atoms with E-state index in [1.807, 2.05) is 20.8 Å². The van der Waals surface area contributed by atoms with E-state index in [0.717, 1.165) is 12.8 Å². The molecule has 0 rings (SSSR count). The van der Waals surface area contributed by atoms with Crippen molar-refractivity contribution in [3.05, 3.63) is 0 Å². The summed E-state index contributed by atoms with van der Waals surface area (Å²) in [7, 11) is 0. The fraction of sp³-hybridized carbons (Fsp3) is 0.818. The van der Waals surface area contributed by atoms with Gasteiger partial charge in [-0.15, -0.1) is 0 Å². The van der Waals surface area contributed by atoms with Crippen LogP contribution < -0.4 is 5.32 Å². The van der Waals surface area contributed by atoms with Crippen molar-refractivity contribution in [1.82, 2.24) is 5.32 Å². The smallest absolute Gasteiger partial charge is 0.325 e. The molecule has 4 heteroatoms. The normalized spacial score (nSPS) is 10.9. The molecular weight excluding hydrogens is 194 g/mol. The van der Waals surface area contributed by atoms with Gasteiger partial charge in [-0.05, 0) is 19.8 Å². The van der Waals surface area contributed by atoms with Gasteiger partial charge in [0.15, 0.2) is 0 Å². The number of carbonyl (C=O) groups excluding carboxylic acids is 2. The fourth-order valence-electron chi connectivity index (χ4n) is 1.15. The maximum absolute atomic E-state index is 11.7. The van der Waals surface area contributed by atoms with Crippen LogP contribution in [0.15, 0.2) is 0 Å². The fourth-order valence-corrected chi connectivity index (χ4v) is 1.15. The van der Waals surface area contributed by atoms with Crippen LogP contribution in [0.4, 0.5) is 0 Å². The third kappa shape index (κ3) is 4.32. The minimum absolute atomic E-state index is 0.0394. The molecule has 0 aliphatic carbocycles. The van der Waals surface area contributed by atoms with E-state index in [9.17, 15) is 9.59 Å². The minimum atomic E-state index is -0.389. The number of carbonyl (C=O) groups is 2. The Kier molecular flexibility index (Phi) is 5.97. The zero-order valence-electron chi connectivity index (χ0n) is 10.1. The van der Waals surface area contributed by atoms with Crippen molar-refractivity contribution in [3.63, 3.8) is 0 Å². The molecule has 0 aliphatic rings. The summed E-state index contributed by atoms with van der Waals surface area (Å²) in [6.07, 6.45) is 1.52. The van der Waals surface area contributed by atoms with E-state index >= 15 is 0 Å². The monoisotopic (exact) mass is 215 g/mol. The summed E-state index contributed by atoms with van der Waals surface area (Å²) >= 11 is 0. The van der Waals surface area contributed by atoms with Gasteiger partial charge < -0.3 is 10.1 Å². The molecule has 1 amide bonds. The summed E-state index contributed by atoms with van der Waals surface area (Å²) < 4.78 is 4.72. The van der Waals surface area contributed by atoms with E-state index in [2.05, 4.69) is 5.32 Å². The van der Waals surface area contributed by atoms with Crippen LogP contribution in [0.25, 0.3) is 0 Å². The lowest BCUT2D eigenvalue weighted by Crippen LogP contribution is -2.41. The molecule has 0 bridgehead atoms. The number of hydrogen-bond acceptors (Lipinski definition) is 3. The van der Waals surface area contributed by atoms with Crippen molar-refractivity contribution in [3.8, 4) is 0 Å². The van der Waals surface area contributed by atoms with Gasteiger partial charge in [0.25, 0.3) is 0 Å². The number of hydrogen-bond donors (Lipinski definition) is 1. The van der Waals surface area contributed by atoms with E-state index in [4.69, 9.17) is 4.74 Å². The summed E-state index contributed by atoms with van der Waals surface area (Å²) in [6.45, 7) is 7.87. The predicted molar refractivity (Wildman–Crippen MR) is 58.3 cm³/mol. The molecule has 0 aliphatic heterocycles. The van der Waals surface area contributed by atoms with Gasteiger partial charge in [-0.3, -0.25) is 9.59 Å². The van der Waals surface area contributed by atoms with Gasteiger partial charge in [-0.1, -0.05) is 20.8 Å². The van der Waals surface area contributed by atoms with Gasteiger partial charge >= 0.3 is 5.97 Å². The second-order valence-corrected chi connectivity index (χ2v) is 3.76. The lowest BCUT2D eigenvalue weighted by Gasteiger charge is -2.24. The molecule has 0 radical (unpaired) electrons. The average Bonchev–Trinajstić information content (AvgIpc) is 2.25. The van der Waals surface area contributed by atoms with E-state index < -0.39 is 0 Å². The Bertz CT molecular complexity index is 222. The van der Waals surface area contributed by atoms with Gasteiger partial charge in [0.1, 0.15) is 6.54 Å². The summed E-state index contributed by atoms with van der Waals surface area (Å²) in [4.78, 5) is 22.7. The van der Waals surface area contributed by atoms with Crippen molar-refractivity contribution in [1.29, 1.82) is 0 Å². The minimum Gasteiger partial charge on any atom is -0.465 e. The van der Waals surface area contributed by atoms with Crippen LogP contribution >= 0.6 is 0 Å². The number of amides is 1. The Morgan fingerprint density at radius 3 is 2.13 bits per heavy atom. The highest BCUT2D eigenvalue weighted by atomic mass is 16.5. The predicted octanol–water partition coefficient (Wildman–Crippen LogP) is 1.49. The van der Waals surface area contributed by atoms with Gasteiger partial charge in [0, 0.05) is 5.41 Å².